The molecule has 30 heavy (non-hydrogen) atoms. The standard InChI is InChI=1S/C23H26FN5O/c1-16(2)22-27-11-13-29(22)23-21(25-9-10-26-23)18-4-3-12-28(15-18)20(30)14-17-5-7-19(24)8-6-17/h5-11,13,16,18H,3-4,12,14-15H2,1-2H3. The van der Waals surface area contributed by atoms with Crippen molar-refractivity contribution in [1.82, 2.24) is 24.4 Å². The van der Waals surface area contributed by atoms with Crippen LogP contribution in [-0.2, 0) is 11.2 Å². The van der Waals surface area contributed by atoms with Crippen molar-refractivity contribution in [2.75, 3.05) is 13.1 Å². The lowest BCUT2D eigenvalue weighted by molar-refractivity contribution is -0.131. The molecular formula is C23H26FN5O. The first-order chi connectivity index (χ1) is 14.5. The lowest BCUT2D eigenvalue weighted by Crippen LogP contribution is -2.40. The van der Waals surface area contributed by atoms with Crippen LogP contribution in [0.4, 0.5) is 4.39 Å². The van der Waals surface area contributed by atoms with Gasteiger partial charge in [0.25, 0.3) is 0 Å². The lowest BCUT2D eigenvalue weighted by atomic mass is 9.93. The Morgan fingerprint density at radius 1 is 1.13 bits per heavy atom. The molecule has 7 heteroatoms. The summed E-state index contributed by atoms with van der Waals surface area (Å²) in [5, 5.41) is 0. The summed E-state index contributed by atoms with van der Waals surface area (Å²) in [5.74, 6) is 1.87. The average molecular weight is 407 g/mol. The van der Waals surface area contributed by atoms with Gasteiger partial charge in [-0.2, -0.15) is 0 Å². The zero-order valence-electron chi connectivity index (χ0n) is 17.3. The smallest absolute Gasteiger partial charge is 0.227 e. The maximum atomic E-state index is 13.1. The molecule has 1 amide bonds. The van der Waals surface area contributed by atoms with Gasteiger partial charge in [0, 0.05) is 49.7 Å². The Kier molecular flexibility index (Phi) is 5.88. The molecule has 0 N–H and O–H groups in total. The normalized spacial score (nSPS) is 16.8. The number of amides is 1. The Hall–Kier alpha value is -3.09. The maximum Gasteiger partial charge on any atom is 0.227 e. The fourth-order valence-electron chi connectivity index (χ4n) is 4.05. The third-order valence-electron chi connectivity index (χ3n) is 5.55. The highest BCUT2D eigenvalue weighted by Crippen LogP contribution is 2.30. The van der Waals surface area contributed by atoms with Crippen LogP contribution in [0.25, 0.3) is 5.82 Å². The van der Waals surface area contributed by atoms with E-state index in [4.69, 9.17) is 0 Å². The number of aromatic nitrogens is 4. The summed E-state index contributed by atoms with van der Waals surface area (Å²) in [6.45, 7) is 5.54. The van der Waals surface area contributed by atoms with Crippen molar-refractivity contribution in [3.05, 3.63) is 72.0 Å². The fourth-order valence-corrected chi connectivity index (χ4v) is 4.05. The minimum atomic E-state index is -0.292. The van der Waals surface area contributed by atoms with Crippen molar-refractivity contribution in [2.45, 2.75) is 44.9 Å². The van der Waals surface area contributed by atoms with Crippen molar-refractivity contribution < 1.29 is 9.18 Å². The number of benzene rings is 1. The first kappa shape index (κ1) is 20.2. The molecule has 4 rings (SSSR count). The number of hydrogen-bond donors (Lipinski definition) is 0. The molecule has 0 saturated carbocycles. The Labute approximate surface area is 175 Å². The molecule has 0 spiro atoms. The average Bonchev–Trinajstić information content (AvgIpc) is 3.26. The molecule has 0 bridgehead atoms. The van der Waals surface area contributed by atoms with Gasteiger partial charge < -0.3 is 4.90 Å². The molecule has 6 nitrogen and oxygen atoms in total. The van der Waals surface area contributed by atoms with E-state index < -0.39 is 0 Å². The molecule has 1 aliphatic rings. The van der Waals surface area contributed by atoms with E-state index in [2.05, 4.69) is 28.8 Å². The summed E-state index contributed by atoms with van der Waals surface area (Å²) in [5.41, 5.74) is 1.72. The SMILES string of the molecule is CC(C)c1nccn1-c1nccnc1C1CCCN(C(=O)Cc2ccc(F)cc2)C1. The molecule has 2 aromatic heterocycles. The molecule has 3 heterocycles. The van der Waals surface area contributed by atoms with Gasteiger partial charge in [-0.25, -0.2) is 14.4 Å². The highest BCUT2D eigenvalue weighted by molar-refractivity contribution is 5.79. The second-order valence-corrected chi connectivity index (χ2v) is 8.06. The van der Waals surface area contributed by atoms with Gasteiger partial charge in [-0.05, 0) is 30.5 Å². The topological polar surface area (TPSA) is 63.9 Å². The van der Waals surface area contributed by atoms with E-state index in [0.29, 0.717) is 6.54 Å². The Bertz CT molecular complexity index is 1010. The van der Waals surface area contributed by atoms with Gasteiger partial charge in [-0.1, -0.05) is 26.0 Å². The molecule has 1 aliphatic heterocycles. The van der Waals surface area contributed by atoms with Crippen molar-refractivity contribution in [1.29, 1.82) is 0 Å². The third-order valence-corrected chi connectivity index (χ3v) is 5.55. The van der Waals surface area contributed by atoms with Gasteiger partial charge in [-0.15, -0.1) is 0 Å². The van der Waals surface area contributed by atoms with Crippen LogP contribution in [0.15, 0.2) is 49.1 Å². The van der Waals surface area contributed by atoms with Gasteiger partial charge in [-0.3, -0.25) is 14.3 Å². The maximum absolute atomic E-state index is 13.1. The highest BCUT2D eigenvalue weighted by atomic mass is 19.1. The largest absolute Gasteiger partial charge is 0.342 e. The molecule has 1 fully saturated rings. The minimum Gasteiger partial charge on any atom is -0.342 e. The number of hydrogen-bond acceptors (Lipinski definition) is 4. The molecule has 0 aliphatic carbocycles. The number of rotatable bonds is 5. The molecule has 156 valence electrons. The zero-order valence-corrected chi connectivity index (χ0v) is 17.3. The van der Waals surface area contributed by atoms with E-state index in [0.717, 1.165) is 42.3 Å². The van der Waals surface area contributed by atoms with Gasteiger partial charge in [0.05, 0.1) is 12.1 Å². The van der Waals surface area contributed by atoms with E-state index >= 15 is 0 Å². The first-order valence-corrected chi connectivity index (χ1v) is 10.4. The van der Waals surface area contributed by atoms with E-state index in [1.54, 1.807) is 30.7 Å². The van der Waals surface area contributed by atoms with Crippen LogP contribution >= 0.6 is 0 Å². The first-order valence-electron chi connectivity index (χ1n) is 10.4. The van der Waals surface area contributed by atoms with Gasteiger partial charge in [0.15, 0.2) is 5.82 Å². The van der Waals surface area contributed by atoms with Crippen molar-refractivity contribution in [3.63, 3.8) is 0 Å². The summed E-state index contributed by atoms with van der Waals surface area (Å²) < 4.78 is 15.1. The van der Waals surface area contributed by atoms with Crippen LogP contribution in [0.5, 0.6) is 0 Å². The van der Waals surface area contributed by atoms with Crippen LogP contribution in [-0.4, -0.2) is 43.4 Å². The van der Waals surface area contributed by atoms with E-state index in [1.165, 1.54) is 12.1 Å². The molecule has 3 aromatic rings. The highest BCUT2D eigenvalue weighted by Gasteiger charge is 2.28. The number of likely N-dealkylation sites (tertiary alicyclic amines) is 1. The molecule has 0 radical (unpaired) electrons. The number of carbonyl (C=O) groups is 1. The van der Waals surface area contributed by atoms with E-state index in [9.17, 15) is 9.18 Å². The van der Waals surface area contributed by atoms with E-state index in [1.807, 2.05) is 15.7 Å². The molecule has 1 saturated heterocycles. The van der Waals surface area contributed by atoms with Crippen LogP contribution < -0.4 is 0 Å². The molecule has 1 aromatic carbocycles. The number of carbonyl (C=O) groups excluding carboxylic acids is 1. The van der Waals surface area contributed by atoms with Crippen molar-refractivity contribution in [2.24, 2.45) is 0 Å². The van der Waals surface area contributed by atoms with Gasteiger partial charge in [0.1, 0.15) is 11.6 Å². The fraction of sp³-hybridized carbons (Fsp3) is 0.391. The van der Waals surface area contributed by atoms with Gasteiger partial charge in [0.2, 0.25) is 5.91 Å². The van der Waals surface area contributed by atoms with Crippen LogP contribution in [0.2, 0.25) is 0 Å². The second kappa shape index (κ2) is 8.73. The van der Waals surface area contributed by atoms with Crippen LogP contribution in [0.1, 0.15) is 55.6 Å². The summed E-state index contributed by atoms with van der Waals surface area (Å²) >= 11 is 0. The third kappa shape index (κ3) is 4.25. The van der Waals surface area contributed by atoms with Crippen LogP contribution in [0.3, 0.4) is 0 Å². The Morgan fingerprint density at radius 2 is 1.90 bits per heavy atom. The van der Waals surface area contributed by atoms with Crippen LogP contribution in [0, 0.1) is 5.82 Å². The predicted octanol–water partition coefficient (Wildman–Crippen LogP) is 3.87. The van der Waals surface area contributed by atoms with Crippen molar-refractivity contribution in [3.8, 4) is 5.82 Å². The number of piperidine rings is 1. The van der Waals surface area contributed by atoms with E-state index in [-0.39, 0.29) is 30.0 Å². The monoisotopic (exact) mass is 407 g/mol. The molecule has 1 atom stereocenters. The predicted molar refractivity (Wildman–Crippen MR) is 112 cm³/mol. The Morgan fingerprint density at radius 3 is 2.67 bits per heavy atom. The zero-order chi connectivity index (χ0) is 21.1. The summed E-state index contributed by atoms with van der Waals surface area (Å²) in [6.07, 6.45) is 9.26. The number of nitrogens with zero attached hydrogens (tertiary/aromatic N) is 5. The minimum absolute atomic E-state index is 0.0576. The molecular weight excluding hydrogens is 381 g/mol. The number of halogens is 1. The van der Waals surface area contributed by atoms with Gasteiger partial charge >= 0.3 is 0 Å². The second-order valence-electron chi connectivity index (χ2n) is 8.06. The molecule has 1 unspecified atom stereocenters. The van der Waals surface area contributed by atoms with Crippen molar-refractivity contribution >= 4 is 5.91 Å². The summed E-state index contributed by atoms with van der Waals surface area (Å²) in [4.78, 5) is 28.5. The summed E-state index contributed by atoms with van der Waals surface area (Å²) in [6, 6.07) is 6.12. The summed E-state index contributed by atoms with van der Waals surface area (Å²) in [7, 11) is 0. The Balaban J connectivity index is 1.54. The quantitative estimate of drug-likeness (QED) is 0.644. The lowest BCUT2D eigenvalue weighted by Gasteiger charge is -2.33. The number of imidazole rings is 1.